The van der Waals surface area contributed by atoms with Crippen LogP contribution in [0.25, 0.3) is 11.1 Å². The summed E-state index contributed by atoms with van der Waals surface area (Å²) in [4.78, 5) is 12.9. The first-order chi connectivity index (χ1) is 17.8. The summed E-state index contributed by atoms with van der Waals surface area (Å²) < 4.78 is 24.9. The standard InChI is InChI=1S/C31H38N2O3S/c1-3-20-32-29-19-18-27-21-23(12-13-28(27)22-29)8-7-11-30(37(2,35)36)33-31(34)26-16-14-25(15-17-26)24-9-5-4-6-10-24/h4-6,9-10,12-17,21,29-30,32H,3,7-8,11,18-20,22H2,1-2H3,(H,33,34)/t29-,30?/m0/s1. The minimum Gasteiger partial charge on any atom is -0.335 e. The van der Waals surface area contributed by atoms with Crippen molar-refractivity contribution in [2.45, 2.75) is 63.3 Å². The predicted octanol–water partition coefficient (Wildman–Crippen LogP) is 5.33. The number of fused-ring (bicyclic) bond motifs is 1. The number of carbonyl (C=O) groups excluding carboxylic acids is 1. The number of nitrogens with one attached hydrogen (secondary N) is 2. The van der Waals surface area contributed by atoms with E-state index in [1.165, 1.54) is 22.9 Å². The Kier molecular flexibility index (Phi) is 9.17. The average Bonchev–Trinajstić information content (AvgIpc) is 2.91. The molecule has 1 aliphatic rings. The van der Waals surface area contributed by atoms with Crippen LogP contribution in [0.15, 0.2) is 72.8 Å². The zero-order valence-corrected chi connectivity index (χ0v) is 22.7. The lowest BCUT2D eigenvalue weighted by Crippen LogP contribution is -2.40. The largest absolute Gasteiger partial charge is 0.335 e. The minimum absolute atomic E-state index is 0.366. The van der Waals surface area contributed by atoms with Crippen LogP contribution in [0.5, 0.6) is 0 Å². The number of benzene rings is 3. The zero-order chi connectivity index (χ0) is 26.3. The molecule has 0 radical (unpaired) electrons. The molecule has 0 spiro atoms. The van der Waals surface area contributed by atoms with Gasteiger partial charge in [-0.2, -0.15) is 0 Å². The van der Waals surface area contributed by atoms with Gasteiger partial charge in [0.1, 0.15) is 5.37 Å². The van der Waals surface area contributed by atoms with E-state index in [-0.39, 0.29) is 5.91 Å². The molecule has 0 fully saturated rings. The molecule has 6 heteroatoms. The summed E-state index contributed by atoms with van der Waals surface area (Å²) in [6.07, 6.45) is 7.51. The number of sulfone groups is 1. The molecular formula is C31H38N2O3S. The second kappa shape index (κ2) is 12.5. The summed E-state index contributed by atoms with van der Waals surface area (Å²) in [7, 11) is -3.44. The SMILES string of the molecule is CCCN[C@H]1CCc2cc(CCCC(NC(=O)c3ccc(-c4ccccc4)cc3)S(C)(=O)=O)ccc2C1. The fourth-order valence-corrected chi connectivity index (χ4v) is 5.96. The molecule has 0 aliphatic heterocycles. The van der Waals surface area contributed by atoms with Crippen molar-refractivity contribution in [2.24, 2.45) is 0 Å². The molecule has 0 aromatic heterocycles. The number of rotatable bonds is 11. The Morgan fingerprint density at radius 2 is 1.70 bits per heavy atom. The van der Waals surface area contributed by atoms with E-state index >= 15 is 0 Å². The van der Waals surface area contributed by atoms with Gasteiger partial charge in [-0.05, 0) is 91.4 Å². The van der Waals surface area contributed by atoms with Crippen molar-refractivity contribution >= 4 is 15.7 Å². The van der Waals surface area contributed by atoms with E-state index in [0.717, 1.165) is 49.8 Å². The van der Waals surface area contributed by atoms with Crippen LogP contribution in [-0.4, -0.2) is 38.5 Å². The topological polar surface area (TPSA) is 75.3 Å². The number of amides is 1. The van der Waals surface area contributed by atoms with Crippen LogP contribution in [0.2, 0.25) is 0 Å². The van der Waals surface area contributed by atoms with E-state index in [0.29, 0.717) is 24.4 Å². The van der Waals surface area contributed by atoms with Crippen molar-refractivity contribution in [3.8, 4) is 11.1 Å². The molecule has 37 heavy (non-hydrogen) atoms. The second-order valence-corrected chi connectivity index (χ2v) is 12.4. The summed E-state index contributed by atoms with van der Waals surface area (Å²) in [5, 5.41) is 5.48. The average molecular weight is 519 g/mol. The summed E-state index contributed by atoms with van der Waals surface area (Å²) in [6, 6.07) is 24.4. The Balaban J connectivity index is 1.33. The van der Waals surface area contributed by atoms with Crippen LogP contribution in [0.1, 0.15) is 59.7 Å². The van der Waals surface area contributed by atoms with Gasteiger partial charge in [-0.25, -0.2) is 8.42 Å². The molecule has 1 amide bonds. The van der Waals surface area contributed by atoms with E-state index in [1.54, 1.807) is 12.1 Å². The third kappa shape index (κ3) is 7.53. The van der Waals surface area contributed by atoms with Crippen LogP contribution in [0, 0.1) is 0 Å². The maximum absolute atomic E-state index is 12.9. The molecule has 0 bridgehead atoms. The lowest BCUT2D eigenvalue weighted by molar-refractivity contribution is 0.0946. The van der Waals surface area contributed by atoms with E-state index in [4.69, 9.17) is 0 Å². The minimum atomic E-state index is -3.44. The Morgan fingerprint density at radius 1 is 0.973 bits per heavy atom. The maximum atomic E-state index is 12.9. The van der Waals surface area contributed by atoms with Gasteiger partial charge in [-0.3, -0.25) is 4.79 Å². The molecule has 5 nitrogen and oxygen atoms in total. The van der Waals surface area contributed by atoms with Gasteiger partial charge in [0.15, 0.2) is 9.84 Å². The Hall–Kier alpha value is -2.96. The van der Waals surface area contributed by atoms with Gasteiger partial charge in [0.05, 0.1) is 0 Å². The molecular weight excluding hydrogens is 480 g/mol. The third-order valence-electron chi connectivity index (χ3n) is 7.18. The molecule has 0 heterocycles. The molecule has 3 aromatic carbocycles. The smallest absolute Gasteiger partial charge is 0.252 e. The normalized spacial score (nSPS) is 16.1. The number of carbonyl (C=O) groups is 1. The molecule has 0 saturated carbocycles. The molecule has 196 valence electrons. The Bertz CT molecular complexity index is 1290. The summed E-state index contributed by atoms with van der Waals surface area (Å²) in [6.45, 7) is 3.26. The second-order valence-electron chi connectivity index (χ2n) is 10.1. The quantitative estimate of drug-likeness (QED) is 0.360. The summed E-state index contributed by atoms with van der Waals surface area (Å²) in [5.74, 6) is -0.366. The first-order valence-corrected chi connectivity index (χ1v) is 15.3. The first-order valence-electron chi connectivity index (χ1n) is 13.3. The van der Waals surface area contributed by atoms with Crippen LogP contribution in [0.4, 0.5) is 0 Å². The highest BCUT2D eigenvalue weighted by molar-refractivity contribution is 7.91. The zero-order valence-electron chi connectivity index (χ0n) is 21.9. The maximum Gasteiger partial charge on any atom is 0.252 e. The van der Waals surface area contributed by atoms with Crippen molar-refractivity contribution < 1.29 is 13.2 Å². The van der Waals surface area contributed by atoms with Crippen LogP contribution in [0.3, 0.4) is 0 Å². The van der Waals surface area contributed by atoms with Crippen LogP contribution < -0.4 is 10.6 Å². The molecule has 2 N–H and O–H groups in total. The highest BCUT2D eigenvalue weighted by Gasteiger charge is 2.23. The summed E-state index contributed by atoms with van der Waals surface area (Å²) >= 11 is 0. The fourth-order valence-electron chi connectivity index (χ4n) is 5.05. The van der Waals surface area contributed by atoms with Crippen LogP contribution >= 0.6 is 0 Å². The molecule has 1 aliphatic carbocycles. The molecule has 3 aromatic rings. The molecule has 4 rings (SSSR count). The first kappa shape index (κ1) is 27.1. The van der Waals surface area contributed by atoms with Gasteiger partial charge in [-0.1, -0.05) is 67.6 Å². The Labute approximate surface area is 221 Å². The van der Waals surface area contributed by atoms with Crippen LogP contribution in [-0.2, 0) is 29.1 Å². The number of aryl methyl sites for hydroxylation is 2. The molecule has 0 saturated heterocycles. The van der Waals surface area contributed by atoms with Gasteiger partial charge >= 0.3 is 0 Å². The monoisotopic (exact) mass is 518 g/mol. The van der Waals surface area contributed by atoms with Crippen molar-refractivity contribution in [1.82, 2.24) is 10.6 Å². The van der Waals surface area contributed by atoms with Crippen molar-refractivity contribution in [3.05, 3.63) is 95.1 Å². The van der Waals surface area contributed by atoms with Crippen molar-refractivity contribution in [1.29, 1.82) is 0 Å². The number of hydrogen-bond donors (Lipinski definition) is 2. The van der Waals surface area contributed by atoms with E-state index in [1.807, 2.05) is 42.5 Å². The lowest BCUT2D eigenvalue weighted by Gasteiger charge is -2.26. The highest BCUT2D eigenvalue weighted by Crippen LogP contribution is 2.24. The van der Waals surface area contributed by atoms with Gasteiger partial charge < -0.3 is 10.6 Å². The van der Waals surface area contributed by atoms with Gasteiger partial charge in [0, 0.05) is 17.9 Å². The third-order valence-corrected chi connectivity index (χ3v) is 8.56. The molecule has 1 unspecified atom stereocenters. The summed E-state index contributed by atoms with van der Waals surface area (Å²) in [5.41, 5.74) is 6.60. The van der Waals surface area contributed by atoms with Crippen molar-refractivity contribution in [2.75, 3.05) is 12.8 Å². The fraction of sp³-hybridized carbons (Fsp3) is 0.387. The van der Waals surface area contributed by atoms with E-state index < -0.39 is 15.2 Å². The van der Waals surface area contributed by atoms with Gasteiger partial charge in [0.25, 0.3) is 5.91 Å². The lowest BCUT2D eigenvalue weighted by atomic mass is 9.86. The predicted molar refractivity (Wildman–Crippen MR) is 151 cm³/mol. The van der Waals surface area contributed by atoms with E-state index in [2.05, 4.69) is 35.8 Å². The van der Waals surface area contributed by atoms with Gasteiger partial charge in [0.2, 0.25) is 0 Å². The van der Waals surface area contributed by atoms with Crippen molar-refractivity contribution in [3.63, 3.8) is 0 Å². The van der Waals surface area contributed by atoms with Gasteiger partial charge in [-0.15, -0.1) is 0 Å². The Morgan fingerprint density at radius 3 is 2.41 bits per heavy atom. The van der Waals surface area contributed by atoms with E-state index in [9.17, 15) is 13.2 Å². The highest BCUT2D eigenvalue weighted by atomic mass is 32.2. The molecule has 2 atom stereocenters. The number of hydrogen-bond acceptors (Lipinski definition) is 4.